The third kappa shape index (κ3) is 3.31. The molecule has 0 aliphatic heterocycles. The molecule has 4 heteroatoms. The summed E-state index contributed by atoms with van der Waals surface area (Å²) in [4.78, 5) is 0. The van der Waals surface area contributed by atoms with E-state index < -0.39 is 11.7 Å². The van der Waals surface area contributed by atoms with Gasteiger partial charge in [-0.25, -0.2) is 8.78 Å². The second kappa shape index (κ2) is 6.13. The van der Waals surface area contributed by atoms with Gasteiger partial charge in [0.25, 0.3) is 0 Å². The van der Waals surface area contributed by atoms with Gasteiger partial charge in [-0.1, -0.05) is 35.9 Å². The molecule has 0 saturated carbocycles. The quantitative estimate of drug-likeness (QED) is 0.901. The van der Waals surface area contributed by atoms with Crippen molar-refractivity contribution in [2.75, 3.05) is 6.61 Å². The summed E-state index contributed by atoms with van der Waals surface area (Å²) in [5, 5.41) is 9.45. The molecule has 2 aromatic carbocycles. The molecular weight excluding hydrogens is 270 g/mol. The Balaban J connectivity index is 2.24. The summed E-state index contributed by atoms with van der Waals surface area (Å²) in [6.45, 7) is -0.203. The lowest BCUT2D eigenvalue weighted by atomic mass is 9.92. The van der Waals surface area contributed by atoms with Crippen molar-refractivity contribution in [2.45, 2.75) is 12.3 Å². The zero-order chi connectivity index (χ0) is 13.8. The lowest BCUT2D eigenvalue weighted by molar-refractivity contribution is 0.261. The SMILES string of the molecule is OCC(Cc1ccc(Cl)c(F)c1)c1ccccc1F. The number of hydrogen-bond donors (Lipinski definition) is 1. The topological polar surface area (TPSA) is 20.2 Å². The molecule has 2 aromatic rings. The summed E-state index contributed by atoms with van der Waals surface area (Å²) in [5.41, 5.74) is 1.10. The Hall–Kier alpha value is -1.45. The molecule has 1 nitrogen and oxygen atoms in total. The van der Waals surface area contributed by atoms with Crippen LogP contribution in [0.15, 0.2) is 42.5 Å². The minimum atomic E-state index is -0.510. The van der Waals surface area contributed by atoms with Gasteiger partial charge in [0.1, 0.15) is 11.6 Å². The van der Waals surface area contributed by atoms with Crippen molar-refractivity contribution in [2.24, 2.45) is 0 Å². The van der Waals surface area contributed by atoms with Crippen LogP contribution in [0.25, 0.3) is 0 Å². The van der Waals surface area contributed by atoms with Gasteiger partial charge in [0.2, 0.25) is 0 Å². The Kier molecular flexibility index (Phi) is 4.51. The molecule has 100 valence electrons. The highest BCUT2D eigenvalue weighted by Gasteiger charge is 2.15. The molecule has 19 heavy (non-hydrogen) atoms. The Morgan fingerprint density at radius 1 is 1.05 bits per heavy atom. The Morgan fingerprint density at radius 3 is 2.42 bits per heavy atom. The molecule has 0 saturated heterocycles. The minimum Gasteiger partial charge on any atom is -0.396 e. The van der Waals surface area contributed by atoms with Crippen molar-refractivity contribution in [3.8, 4) is 0 Å². The number of aliphatic hydroxyl groups is 1. The number of rotatable bonds is 4. The largest absolute Gasteiger partial charge is 0.396 e. The molecule has 0 spiro atoms. The fraction of sp³-hybridized carbons (Fsp3) is 0.200. The first-order chi connectivity index (χ1) is 9.11. The highest BCUT2D eigenvalue weighted by molar-refractivity contribution is 6.30. The molecule has 2 rings (SSSR count). The zero-order valence-electron chi connectivity index (χ0n) is 10.1. The number of benzene rings is 2. The van der Waals surface area contributed by atoms with Gasteiger partial charge in [0.15, 0.2) is 0 Å². The number of halogens is 3. The average molecular weight is 283 g/mol. The average Bonchev–Trinajstić information content (AvgIpc) is 2.41. The second-order valence-corrected chi connectivity index (χ2v) is 4.76. The van der Waals surface area contributed by atoms with E-state index in [1.807, 2.05) is 0 Å². The molecule has 0 aliphatic rings. The van der Waals surface area contributed by atoms with Crippen LogP contribution in [0.4, 0.5) is 8.78 Å². The monoisotopic (exact) mass is 282 g/mol. The normalized spacial score (nSPS) is 12.4. The van der Waals surface area contributed by atoms with Crippen LogP contribution in [0.5, 0.6) is 0 Å². The van der Waals surface area contributed by atoms with Crippen molar-refractivity contribution in [3.05, 3.63) is 70.2 Å². The lowest BCUT2D eigenvalue weighted by Gasteiger charge is -2.15. The molecule has 0 amide bonds. The van der Waals surface area contributed by atoms with Gasteiger partial charge in [0.05, 0.1) is 11.6 Å². The molecule has 0 heterocycles. The van der Waals surface area contributed by atoms with Gasteiger partial charge < -0.3 is 5.11 Å². The molecule has 0 bridgehead atoms. The first kappa shape index (κ1) is 14.0. The van der Waals surface area contributed by atoms with E-state index in [0.29, 0.717) is 17.5 Å². The molecule has 0 radical (unpaired) electrons. The highest BCUT2D eigenvalue weighted by Crippen LogP contribution is 2.24. The van der Waals surface area contributed by atoms with Crippen LogP contribution < -0.4 is 0 Å². The van der Waals surface area contributed by atoms with Crippen molar-refractivity contribution < 1.29 is 13.9 Å². The molecule has 1 unspecified atom stereocenters. The summed E-state index contributed by atoms with van der Waals surface area (Å²) >= 11 is 5.61. The number of hydrogen-bond acceptors (Lipinski definition) is 1. The molecule has 1 atom stereocenters. The maximum Gasteiger partial charge on any atom is 0.142 e. The van der Waals surface area contributed by atoms with E-state index in [2.05, 4.69) is 0 Å². The maximum atomic E-state index is 13.7. The third-order valence-corrected chi connectivity index (χ3v) is 3.34. The summed E-state index contributed by atoms with van der Waals surface area (Å²) in [6.07, 6.45) is 0.353. The van der Waals surface area contributed by atoms with Crippen molar-refractivity contribution in [1.29, 1.82) is 0 Å². The van der Waals surface area contributed by atoms with E-state index in [-0.39, 0.29) is 17.4 Å². The fourth-order valence-corrected chi connectivity index (χ4v) is 2.15. The Labute approximate surface area is 115 Å². The predicted molar refractivity (Wildman–Crippen MR) is 71.3 cm³/mol. The molecule has 0 aliphatic carbocycles. The summed E-state index contributed by atoms with van der Waals surface area (Å²) in [7, 11) is 0. The molecular formula is C15H13ClF2O. The van der Waals surface area contributed by atoms with Crippen molar-refractivity contribution in [1.82, 2.24) is 0 Å². The van der Waals surface area contributed by atoms with E-state index in [1.54, 1.807) is 24.3 Å². The fourth-order valence-electron chi connectivity index (χ4n) is 2.03. The van der Waals surface area contributed by atoms with Gasteiger partial charge in [0, 0.05) is 5.92 Å². The van der Waals surface area contributed by atoms with Crippen LogP contribution in [0, 0.1) is 11.6 Å². The smallest absolute Gasteiger partial charge is 0.142 e. The first-order valence-corrected chi connectivity index (χ1v) is 6.29. The van der Waals surface area contributed by atoms with Gasteiger partial charge in [-0.15, -0.1) is 0 Å². The van der Waals surface area contributed by atoms with Crippen molar-refractivity contribution >= 4 is 11.6 Å². The molecule has 0 fully saturated rings. The van der Waals surface area contributed by atoms with Crippen molar-refractivity contribution in [3.63, 3.8) is 0 Å². The van der Waals surface area contributed by atoms with E-state index in [0.717, 1.165) is 0 Å². The Morgan fingerprint density at radius 2 is 1.79 bits per heavy atom. The molecule has 0 aromatic heterocycles. The molecule has 1 N–H and O–H groups in total. The van der Waals surface area contributed by atoms with Gasteiger partial charge in [-0.05, 0) is 35.7 Å². The summed E-state index contributed by atoms with van der Waals surface area (Å²) in [6, 6.07) is 10.7. The van der Waals surface area contributed by atoms with E-state index in [9.17, 15) is 13.9 Å². The van der Waals surface area contributed by atoms with Crippen LogP contribution in [0.1, 0.15) is 17.0 Å². The van der Waals surface area contributed by atoms with Crippen LogP contribution in [-0.2, 0) is 6.42 Å². The van der Waals surface area contributed by atoms with Gasteiger partial charge >= 0.3 is 0 Å². The second-order valence-electron chi connectivity index (χ2n) is 4.35. The van der Waals surface area contributed by atoms with E-state index in [1.165, 1.54) is 18.2 Å². The number of aliphatic hydroxyl groups excluding tert-OH is 1. The first-order valence-electron chi connectivity index (χ1n) is 5.91. The third-order valence-electron chi connectivity index (χ3n) is 3.03. The Bertz CT molecular complexity index is 572. The van der Waals surface area contributed by atoms with Gasteiger partial charge in [-0.3, -0.25) is 0 Å². The highest BCUT2D eigenvalue weighted by atomic mass is 35.5. The van der Waals surface area contributed by atoms with E-state index in [4.69, 9.17) is 11.6 Å². The van der Waals surface area contributed by atoms with Gasteiger partial charge in [-0.2, -0.15) is 0 Å². The predicted octanol–water partition coefficient (Wildman–Crippen LogP) is 3.94. The van der Waals surface area contributed by atoms with Crippen LogP contribution in [-0.4, -0.2) is 11.7 Å². The van der Waals surface area contributed by atoms with Crippen LogP contribution in [0.2, 0.25) is 5.02 Å². The zero-order valence-corrected chi connectivity index (χ0v) is 10.9. The lowest BCUT2D eigenvalue weighted by Crippen LogP contribution is -2.10. The maximum absolute atomic E-state index is 13.7. The van der Waals surface area contributed by atoms with E-state index >= 15 is 0 Å². The van der Waals surface area contributed by atoms with Crippen LogP contribution in [0.3, 0.4) is 0 Å². The summed E-state index contributed by atoms with van der Waals surface area (Å²) < 4.78 is 27.0. The minimum absolute atomic E-state index is 0.0511. The summed E-state index contributed by atoms with van der Waals surface area (Å²) in [5.74, 6) is -1.28. The van der Waals surface area contributed by atoms with Crippen LogP contribution >= 0.6 is 11.6 Å². The standard InChI is InChI=1S/C15H13ClF2O/c16-13-6-5-10(8-15(13)18)7-11(9-19)12-3-1-2-4-14(12)17/h1-6,8,11,19H,7,9H2.